The van der Waals surface area contributed by atoms with E-state index in [0.717, 1.165) is 27.9 Å². The molecule has 218 valence electrons. The molecule has 0 bridgehead atoms. The van der Waals surface area contributed by atoms with Gasteiger partial charge in [-0.05, 0) is 52.6 Å². The molecule has 0 spiro atoms. The van der Waals surface area contributed by atoms with Gasteiger partial charge in [-0.15, -0.1) is 0 Å². The molecule has 8 aromatic rings. The van der Waals surface area contributed by atoms with Crippen LogP contribution in [0, 0.1) is 0 Å². The van der Waals surface area contributed by atoms with Crippen molar-refractivity contribution in [1.29, 1.82) is 0 Å². The zero-order chi connectivity index (χ0) is 30.8. The topological polar surface area (TPSA) is 43.6 Å². The summed E-state index contributed by atoms with van der Waals surface area (Å²) in [7, 11) is 0. The fraction of sp³-hybridized carbons (Fsp3) is 0.0714. The summed E-state index contributed by atoms with van der Waals surface area (Å²) >= 11 is 0. The summed E-state index contributed by atoms with van der Waals surface area (Å²) in [6.45, 7) is 4.68. The fourth-order valence-electron chi connectivity index (χ4n) is 7.21. The Balaban J connectivity index is 1.33. The highest BCUT2D eigenvalue weighted by Gasteiger charge is 2.36. The van der Waals surface area contributed by atoms with Gasteiger partial charge in [0.25, 0.3) is 0 Å². The maximum Gasteiger partial charge on any atom is 0.166 e. The Labute approximate surface area is 267 Å². The van der Waals surface area contributed by atoms with Crippen LogP contribution in [0.2, 0.25) is 0 Å². The van der Waals surface area contributed by atoms with Crippen molar-refractivity contribution in [2.45, 2.75) is 19.3 Å². The Morgan fingerprint density at radius 2 is 1.00 bits per heavy atom. The molecule has 2 aromatic heterocycles. The lowest BCUT2D eigenvalue weighted by molar-refractivity contribution is 0.661. The minimum absolute atomic E-state index is 0.107. The zero-order valence-electron chi connectivity index (χ0n) is 25.6. The van der Waals surface area contributed by atoms with Crippen molar-refractivity contribution in [2.75, 3.05) is 0 Å². The lowest BCUT2D eigenvalue weighted by Crippen LogP contribution is -2.15. The van der Waals surface area contributed by atoms with E-state index in [1.165, 1.54) is 38.5 Å². The van der Waals surface area contributed by atoms with Gasteiger partial charge in [0.1, 0.15) is 0 Å². The highest BCUT2D eigenvalue weighted by atomic mass is 15.1. The van der Waals surface area contributed by atoms with Crippen LogP contribution in [0.4, 0.5) is 0 Å². The molecular formula is C42H30N4. The fourth-order valence-corrected chi connectivity index (χ4v) is 7.21. The SMILES string of the molecule is CC1(C)c2ccccc2-c2cc3c4ccccc4n(-c4ccccc4-c4nc(-c5ccccc5)nc(-c5ccccc5)n4)c3cc21. The van der Waals surface area contributed by atoms with Gasteiger partial charge in [-0.3, -0.25) is 0 Å². The zero-order valence-corrected chi connectivity index (χ0v) is 25.6. The minimum Gasteiger partial charge on any atom is -0.308 e. The Morgan fingerprint density at radius 3 is 1.72 bits per heavy atom. The number of fused-ring (bicyclic) bond motifs is 6. The van der Waals surface area contributed by atoms with Crippen LogP contribution in [0.5, 0.6) is 0 Å². The number of hydrogen-bond donors (Lipinski definition) is 0. The average molecular weight is 591 g/mol. The molecule has 0 atom stereocenters. The molecular weight excluding hydrogens is 560 g/mol. The lowest BCUT2D eigenvalue weighted by Gasteiger charge is -2.22. The van der Waals surface area contributed by atoms with E-state index in [9.17, 15) is 0 Å². The van der Waals surface area contributed by atoms with Gasteiger partial charge in [-0.25, -0.2) is 15.0 Å². The molecule has 46 heavy (non-hydrogen) atoms. The largest absolute Gasteiger partial charge is 0.308 e. The summed E-state index contributed by atoms with van der Waals surface area (Å²) in [5.41, 5.74) is 11.5. The third-order valence-electron chi connectivity index (χ3n) is 9.46. The van der Waals surface area contributed by atoms with Gasteiger partial charge in [0, 0.05) is 32.9 Å². The first-order chi connectivity index (χ1) is 22.6. The predicted octanol–water partition coefficient (Wildman–Crippen LogP) is 10.3. The smallest absolute Gasteiger partial charge is 0.166 e. The third kappa shape index (κ3) is 3.97. The van der Waals surface area contributed by atoms with Crippen LogP contribution in [-0.2, 0) is 5.41 Å². The molecule has 1 aliphatic rings. The number of nitrogens with zero attached hydrogens (tertiary/aromatic N) is 4. The van der Waals surface area contributed by atoms with Crippen LogP contribution >= 0.6 is 0 Å². The van der Waals surface area contributed by atoms with Gasteiger partial charge < -0.3 is 4.57 Å². The van der Waals surface area contributed by atoms with E-state index >= 15 is 0 Å². The van der Waals surface area contributed by atoms with E-state index in [0.29, 0.717) is 17.5 Å². The first-order valence-corrected chi connectivity index (χ1v) is 15.7. The Kier molecular flexibility index (Phi) is 5.81. The monoisotopic (exact) mass is 590 g/mol. The molecule has 0 saturated carbocycles. The average Bonchev–Trinajstić information content (AvgIpc) is 3.56. The van der Waals surface area contributed by atoms with Gasteiger partial charge in [-0.1, -0.05) is 129 Å². The van der Waals surface area contributed by atoms with Crippen molar-refractivity contribution in [3.05, 3.63) is 157 Å². The molecule has 2 heterocycles. The molecule has 0 aliphatic heterocycles. The minimum atomic E-state index is -0.107. The molecule has 1 aliphatic carbocycles. The molecule has 4 heteroatoms. The van der Waals surface area contributed by atoms with E-state index in [4.69, 9.17) is 15.0 Å². The second-order valence-corrected chi connectivity index (χ2v) is 12.5. The molecule has 6 aromatic carbocycles. The summed E-state index contributed by atoms with van der Waals surface area (Å²) in [6.07, 6.45) is 0. The predicted molar refractivity (Wildman–Crippen MR) is 188 cm³/mol. The first-order valence-electron chi connectivity index (χ1n) is 15.7. The van der Waals surface area contributed by atoms with E-state index in [1.54, 1.807) is 0 Å². The second kappa shape index (κ2) is 10.1. The van der Waals surface area contributed by atoms with Crippen LogP contribution in [0.25, 0.3) is 72.8 Å². The van der Waals surface area contributed by atoms with Crippen molar-refractivity contribution in [2.24, 2.45) is 0 Å². The Bertz CT molecular complexity index is 2380. The van der Waals surface area contributed by atoms with Crippen molar-refractivity contribution in [3.8, 4) is 51.0 Å². The van der Waals surface area contributed by atoms with Crippen LogP contribution < -0.4 is 0 Å². The summed E-state index contributed by atoms with van der Waals surface area (Å²) in [5.74, 6) is 1.95. The quantitative estimate of drug-likeness (QED) is 0.205. The molecule has 0 N–H and O–H groups in total. The standard InChI is InChI=1S/C42H30N4/c1-42(2)34-22-12-9-19-29(34)32-25-33-30-20-10-13-23-36(30)46(38(33)26-35(32)42)37-24-14-11-21-31(37)41-44-39(27-15-5-3-6-16-27)43-40(45-41)28-17-7-4-8-18-28/h3-26H,1-2H3. The molecule has 0 saturated heterocycles. The van der Waals surface area contributed by atoms with Crippen LogP contribution in [-0.4, -0.2) is 19.5 Å². The third-order valence-corrected chi connectivity index (χ3v) is 9.46. The van der Waals surface area contributed by atoms with Gasteiger partial charge in [0.2, 0.25) is 0 Å². The molecule has 9 rings (SSSR count). The summed E-state index contributed by atoms with van der Waals surface area (Å²) < 4.78 is 2.40. The number of para-hydroxylation sites is 2. The van der Waals surface area contributed by atoms with Crippen molar-refractivity contribution < 1.29 is 0 Å². The van der Waals surface area contributed by atoms with E-state index in [2.05, 4.69) is 103 Å². The van der Waals surface area contributed by atoms with Crippen molar-refractivity contribution in [1.82, 2.24) is 19.5 Å². The van der Waals surface area contributed by atoms with Crippen molar-refractivity contribution in [3.63, 3.8) is 0 Å². The number of aromatic nitrogens is 4. The number of hydrogen-bond acceptors (Lipinski definition) is 3. The summed E-state index contributed by atoms with van der Waals surface area (Å²) in [5, 5.41) is 2.46. The Hall–Kier alpha value is -5.87. The van der Waals surface area contributed by atoms with Crippen LogP contribution in [0.3, 0.4) is 0 Å². The molecule has 0 unspecified atom stereocenters. The maximum atomic E-state index is 5.10. The second-order valence-electron chi connectivity index (χ2n) is 12.5. The lowest BCUT2D eigenvalue weighted by atomic mass is 9.82. The molecule has 0 radical (unpaired) electrons. The normalized spacial score (nSPS) is 13.2. The van der Waals surface area contributed by atoms with Gasteiger partial charge >= 0.3 is 0 Å². The molecule has 4 nitrogen and oxygen atoms in total. The van der Waals surface area contributed by atoms with Gasteiger partial charge in [0.05, 0.1) is 16.7 Å². The molecule has 0 amide bonds. The van der Waals surface area contributed by atoms with Gasteiger partial charge in [-0.2, -0.15) is 0 Å². The highest BCUT2D eigenvalue weighted by molar-refractivity contribution is 6.12. The number of benzene rings is 6. The number of rotatable bonds is 4. The first kappa shape index (κ1) is 26.5. The molecule has 0 fully saturated rings. The maximum absolute atomic E-state index is 5.10. The Morgan fingerprint density at radius 1 is 0.435 bits per heavy atom. The van der Waals surface area contributed by atoms with Gasteiger partial charge in [0.15, 0.2) is 17.5 Å². The highest BCUT2D eigenvalue weighted by Crippen LogP contribution is 2.51. The van der Waals surface area contributed by atoms with E-state index in [-0.39, 0.29) is 5.41 Å². The summed E-state index contributed by atoms with van der Waals surface area (Å²) in [4.78, 5) is 15.1. The van der Waals surface area contributed by atoms with Crippen molar-refractivity contribution >= 4 is 21.8 Å². The van der Waals surface area contributed by atoms with Crippen LogP contribution in [0.15, 0.2) is 146 Å². The summed E-state index contributed by atoms with van der Waals surface area (Å²) in [6, 6.07) is 51.1. The van der Waals surface area contributed by atoms with E-state index in [1.807, 2.05) is 60.7 Å². The van der Waals surface area contributed by atoms with E-state index < -0.39 is 0 Å². The van der Waals surface area contributed by atoms with Crippen LogP contribution in [0.1, 0.15) is 25.0 Å².